The van der Waals surface area contributed by atoms with Crippen molar-refractivity contribution in [2.24, 2.45) is 11.8 Å². The predicted octanol–water partition coefficient (Wildman–Crippen LogP) is 5.11. The molecule has 0 spiro atoms. The van der Waals surface area contributed by atoms with Gasteiger partial charge in [-0.15, -0.1) is 0 Å². The van der Waals surface area contributed by atoms with Crippen molar-refractivity contribution in [3.05, 3.63) is 52.8 Å². The van der Waals surface area contributed by atoms with E-state index in [-0.39, 0.29) is 54.4 Å². The summed E-state index contributed by atoms with van der Waals surface area (Å²) >= 11 is 0. The maximum Gasteiger partial charge on any atom is 0.416 e. The predicted molar refractivity (Wildman–Crippen MR) is 148 cm³/mol. The van der Waals surface area contributed by atoms with Crippen LogP contribution in [-0.2, 0) is 11.0 Å². The molecule has 3 amide bonds. The summed E-state index contributed by atoms with van der Waals surface area (Å²) in [6, 6.07) is 5.34. The Balaban J connectivity index is 1.23. The topological polar surface area (TPSA) is 108 Å². The number of halogens is 3. The van der Waals surface area contributed by atoms with Gasteiger partial charge in [0.15, 0.2) is 0 Å². The second kappa shape index (κ2) is 12.0. The van der Waals surface area contributed by atoms with Gasteiger partial charge in [0.2, 0.25) is 0 Å². The van der Waals surface area contributed by atoms with E-state index in [2.05, 4.69) is 10.4 Å². The lowest BCUT2D eigenvalue weighted by molar-refractivity contribution is -0.143. The maximum atomic E-state index is 13.7. The quantitative estimate of drug-likeness (QED) is 0.445. The third-order valence-corrected chi connectivity index (χ3v) is 8.90. The highest BCUT2D eigenvalue weighted by atomic mass is 19.4. The first-order valence-corrected chi connectivity index (χ1v) is 14.7. The molecule has 12 heteroatoms. The molecule has 9 nitrogen and oxygen atoms in total. The fraction of sp³-hybridized carbons (Fsp3) is 0.600. The van der Waals surface area contributed by atoms with Gasteiger partial charge in [0.05, 0.1) is 35.0 Å². The van der Waals surface area contributed by atoms with Crippen molar-refractivity contribution in [1.82, 2.24) is 24.9 Å². The Morgan fingerprint density at radius 1 is 1.00 bits per heavy atom. The molecule has 0 radical (unpaired) electrons. The largest absolute Gasteiger partial charge is 0.481 e. The number of carboxylic acids is 1. The van der Waals surface area contributed by atoms with E-state index in [1.165, 1.54) is 12.1 Å². The van der Waals surface area contributed by atoms with Gasteiger partial charge in [-0.25, -0.2) is 4.79 Å². The molecule has 228 valence electrons. The number of hydrogen-bond donors (Lipinski definition) is 2. The number of likely N-dealkylation sites (tertiary alicyclic amines) is 2. The Hall–Kier alpha value is -3.57. The van der Waals surface area contributed by atoms with Crippen LogP contribution in [0.3, 0.4) is 0 Å². The van der Waals surface area contributed by atoms with Crippen LogP contribution in [0.2, 0.25) is 0 Å². The minimum absolute atomic E-state index is 0.0126. The van der Waals surface area contributed by atoms with Gasteiger partial charge in [-0.1, -0.05) is 32.0 Å². The number of aromatic nitrogens is 2. The van der Waals surface area contributed by atoms with E-state index in [1.807, 2.05) is 18.5 Å². The van der Waals surface area contributed by atoms with Crippen molar-refractivity contribution in [1.29, 1.82) is 0 Å². The maximum absolute atomic E-state index is 13.7. The Labute approximate surface area is 243 Å². The second-order valence-electron chi connectivity index (χ2n) is 12.1. The number of carbonyl (C=O) groups excluding carboxylic acids is 2. The van der Waals surface area contributed by atoms with Crippen molar-refractivity contribution in [2.45, 2.75) is 70.0 Å². The van der Waals surface area contributed by atoms with Gasteiger partial charge >= 0.3 is 18.2 Å². The average Bonchev–Trinajstić information content (AvgIpc) is 3.49. The molecule has 1 aliphatic carbocycles. The third-order valence-electron chi connectivity index (χ3n) is 8.90. The Bertz CT molecular complexity index is 1310. The number of nitrogens with zero attached hydrogens (tertiary/aromatic N) is 4. The zero-order valence-electron chi connectivity index (χ0n) is 23.9. The SMILES string of the molecule is CC(C)[C@@H](CNC(=O)N1CCC(n2ncc(C(=O)N3CCC(c4ccccc4C(F)(F)F)C3)c2C2CC2)CC1)C(=O)O. The molecule has 2 N–H and O–H groups in total. The smallest absolute Gasteiger partial charge is 0.416 e. The zero-order valence-corrected chi connectivity index (χ0v) is 23.9. The fourth-order valence-corrected chi connectivity index (χ4v) is 6.30. The van der Waals surface area contributed by atoms with Crippen LogP contribution in [0.5, 0.6) is 0 Å². The van der Waals surface area contributed by atoms with Crippen molar-refractivity contribution >= 4 is 17.9 Å². The second-order valence-corrected chi connectivity index (χ2v) is 12.1. The summed E-state index contributed by atoms with van der Waals surface area (Å²) in [7, 11) is 0. The van der Waals surface area contributed by atoms with E-state index >= 15 is 0 Å². The highest BCUT2D eigenvalue weighted by Crippen LogP contribution is 2.44. The lowest BCUT2D eigenvalue weighted by Gasteiger charge is -2.33. The first-order valence-electron chi connectivity index (χ1n) is 14.7. The number of hydrogen-bond acceptors (Lipinski definition) is 4. The Morgan fingerprint density at radius 2 is 1.67 bits per heavy atom. The molecular weight excluding hydrogens is 551 g/mol. The summed E-state index contributed by atoms with van der Waals surface area (Å²) in [6.07, 6.45) is 0.828. The molecule has 1 saturated carbocycles. The fourth-order valence-electron chi connectivity index (χ4n) is 6.30. The Morgan fingerprint density at radius 3 is 2.29 bits per heavy atom. The van der Waals surface area contributed by atoms with Crippen LogP contribution < -0.4 is 5.32 Å². The van der Waals surface area contributed by atoms with Crippen LogP contribution in [-0.4, -0.2) is 75.3 Å². The molecular formula is C30H38F3N5O4. The van der Waals surface area contributed by atoms with Gasteiger partial charge in [0.1, 0.15) is 0 Å². The van der Waals surface area contributed by atoms with Gasteiger partial charge in [0.25, 0.3) is 5.91 Å². The molecule has 2 aromatic rings. The number of amides is 3. The number of carboxylic acid groups (broad SMARTS) is 1. The molecule has 1 aromatic heterocycles. The van der Waals surface area contributed by atoms with Gasteiger partial charge in [-0.2, -0.15) is 18.3 Å². The van der Waals surface area contributed by atoms with Crippen LogP contribution >= 0.6 is 0 Å². The van der Waals surface area contributed by atoms with E-state index in [4.69, 9.17) is 0 Å². The van der Waals surface area contributed by atoms with Gasteiger partial charge in [-0.3, -0.25) is 14.3 Å². The summed E-state index contributed by atoms with van der Waals surface area (Å²) in [5.74, 6) is -2.04. The van der Waals surface area contributed by atoms with Gasteiger partial charge in [0, 0.05) is 44.6 Å². The van der Waals surface area contributed by atoms with E-state index in [0.717, 1.165) is 24.6 Å². The standard InChI is InChI=1S/C30H38F3N5O4/c1-18(2)23(28(40)41)15-34-29(42)36-13-10-21(11-14-36)38-26(19-7-8-19)24(16-35-38)27(39)37-12-9-20(17-37)22-5-3-4-6-25(22)30(31,32)33/h3-6,16,18-21,23H,7-15,17H2,1-2H3,(H,34,42)(H,40,41)/t20?,23-/m1/s1. The highest BCUT2D eigenvalue weighted by molar-refractivity contribution is 5.95. The summed E-state index contributed by atoms with van der Waals surface area (Å²) in [6.45, 7) is 5.27. The number of urea groups is 1. The van der Waals surface area contributed by atoms with Crippen molar-refractivity contribution in [3.63, 3.8) is 0 Å². The highest BCUT2D eigenvalue weighted by Gasteiger charge is 2.40. The number of aliphatic carboxylic acids is 1. The first kappa shape index (κ1) is 29.9. The normalized spacial score (nSPS) is 20.7. The molecule has 1 aromatic carbocycles. The monoisotopic (exact) mass is 589 g/mol. The number of nitrogens with one attached hydrogen (secondary N) is 1. The molecule has 5 rings (SSSR count). The molecule has 3 fully saturated rings. The number of rotatable bonds is 8. The molecule has 3 aliphatic rings. The molecule has 42 heavy (non-hydrogen) atoms. The number of piperidine rings is 1. The van der Waals surface area contributed by atoms with Crippen LogP contribution in [0, 0.1) is 11.8 Å². The van der Waals surface area contributed by atoms with Crippen LogP contribution in [0.4, 0.5) is 18.0 Å². The van der Waals surface area contributed by atoms with Crippen molar-refractivity contribution < 1.29 is 32.7 Å². The van der Waals surface area contributed by atoms with Crippen molar-refractivity contribution in [2.75, 3.05) is 32.7 Å². The number of carbonyl (C=O) groups is 3. The minimum atomic E-state index is -4.44. The van der Waals surface area contributed by atoms with E-state index in [1.54, 1.807) is 22.1 Å². The summed E-state index contributed by atoms with van der Waals surface area (Å²) in [5, 5.41) is 16.8. The van der Waals surface area contributed by atoms with Gasteiger partial charge in [-0.05, 0) is 49.7 Å². The van der Waals surface area contributed by atoms with E-state index in [0.29, 0.717) is 44.5 Å². The molecule has 2 saturated heterocycles. The molecule has 1 unspecified atom stereocenters. The molecule has 0 bridgehead atoms. The zero-order chi connectivity index (χ0) is 30.2. The van der Waals surface area contributed by atoms with Crippen molar-refractivity contribution in [3.8, 4) is 0 Å². The van der Waals surface area contributed by atoms with Crippen LogP contribution in [0.1, 0.15) is 91.0 Å². The summed E-state index contributed by atoms with van der Waals surface area (Å²) in [5.41, 5.74) is 1.01. The lowest BCUT2D eigenvalue weighted by atomic mass is 9.93. The summed E-state index contributed by atoms with van der Waals surface area (Å²) in [4.78, 5) is 41.2. The molecule has 3 heterocycles. The summed E-state index contributed by atoms with van der Waals surface area (Å²) < 4.78 is 42.8. The lowest BCUT2D eigenvalue weighted by Crippen LogP contribution is -2.47. The minimum Gasteiger partial charge on any atom is -0.481 e. The number of alkyl halides is 3. The number of benzene rings is 1. The van der Waals surface area contributed by atoms with Gasteiger partial charge < -0.3 is 20.2 Å². The molecule has 2 aliphatic heterocycles. The van der Waals surface area contributed by atoms with E-state index in [9.17, 15) is 32.7 Å². The van der Waals surface area contributed by atoms with Crippen LogP contribution in [0.15, 0.2) is 30.5 Å². The average molecular weight is 590 g/mol. The molecule has 2 atom stereocenters. The first-order chi connectivity index (χ1) is 20.0. The van der Waals surface area contributed by atoms with Crippen LogP contribution in [0.25, 0.3) is 0 Å². The third kappa shape index (κ3) is 6.27. The Kier molecular flexibility index (Phi) is 8.52. The van der Waals surface area contributed by atoms with E-state index < -0.39 is 23.6 Å².